The summed E-state index contributed by atoms with van der Waals surface area (Å²) < 4.78 is 5.65. The molecular weight excluding hydrogens is 238 g/mol. The maximum Gasteiger partial charge on any atom is 0.122 e. The second kappa shape index (κ2) is 8.18. The van der Waals surface area contributed by atoms with Gasteiger partial charge in [0.15, 0.2) is 0 Å². The van der Waals surface area contributed by atoms with Gasteiger partial charge in [-0.2, -0.15) is 0 Å². The Hall–Kier alpha value is -1.06. The van der Waals surface area contributed by atoms with Crippen molar-refractivity contribution in [1.82, 2.24) is 4.90 Å². The Morgan fingerprint density at radius 2 is 1.95 bits per heavy atom. The largest absolute Gasteiger partial charge is 0.491 e. The molecule has 0 spiro atoms. The highest BCUT2D eigenvalue weighted by atomic mass is 16.5. The highest BCUT2D eigenvalue weighted by Gasteiger charge is 2.10. The molecule has 108 valence electrons. The monoisotopic (exact) mass is 265 g/mol. The van der Waals surface area contributed by atoms with E-state index in [1.54, 1.807) is 0 Å². The summed E-state index contributed by atoms with van der Waals surface area (Å²) in [5, 5.41) is 9.97. The summed E-state index contributed by atoms with van der Waals surface area (Å²) in [4.78, 5) is 2.16. The molecule has 0 unspecified atom stereocenters. The Kier molecular flexibility index (Phi) is 6.89. The van der Waals surface area contributed by atoms with Gasteiger partial charge in [0.1, 0.15) is 18.5 Å². The first-order chi connectivity index (χ1) is 8.99. The van der Waals surface area contributed by atoms with E-state index in [-0.39, 0.29) is 0 Å². The summed E-state index contributed by atoms with van der Waals surface area (Å²) in [7, 11) is 2.04. The van der Waals surface area contributed by atoms with E-state index < -0.39 is 6.10 Å². The van der Waals surface area contributed by atoms with Crippen molar-refractivity contribution in [3.63, 3.8) is 0 Å². The molecule has 0 aromatic heterocycles. The third-order valence-corrected chi connectivity index (χ3v) is 3.14. The minimum Gasteiger partial charge on any atom is -0.491 e. The molecule has 1 atom stereocenters. The standard InChI is InChI=1S/C16H27NO2/c1-13(2)9-10-17(4)11-15(18)12-19-16-8-6-5-7-14(16)3/h5-8,13,15,18H,9-12H2,1-4H3/t15-/m1/s1. The minimum absolute atomic E-state index is 0.344. The van der Waals surface area contributed by atoms with Gasteiger partial charge in [-0.05, 0) is 44.5 Å². The van der Waals surface area contributed by atoms with E-state index in [0.717, 1.165) is 24.3 Å². The molecule has 1 N–H and O–H groups in total. The zero-order chi connectivity index (χ0) is 14.3. The van der Waals surface area contributed by atoms with Crippen LogP contribution in [0.5, 0.6) is 5.75 Å². The number of ether oxygens (including phenoxy) is 1. The quantitative estimate of drug-likeness (QED) is 0.784. The van der Waals surface area contributed by atoms with Gasteiger partial charge in [-0.15, -0.1) is 0 Å². The van der Waals surface area contributed by atoms with Crippen molar-refractivity contribution in [2.24, 2.45) is 5.92 Å². The first-order valence-electron chi connectivity index (χ1n) is 7.04. The maximum absolute atomic E-state index is 9.97. The van der Waals surface area contributed by atoms with Crippen LogP contribution in [0.3, 0.4) is 0 Å². The molecule has 3 heteroatoms. The van der Waals surface area contributed by atoms with E-state index >= 15 is 0 Å². The summed E-state index contributed by atoms with van der Waals surface area (Å²) in [6.07, 6.45) is 0.707. The van der Waals surface area contributed by atoms with Crippen LogP contribution in [0.4, 0.5) is 0 Å². The third kappa shape index (κ3) is 6.60. The molecule has 0 aliphatic heterocycles. The average Bonchev–Trinajstić information content (AvgIpc) is 2.35. The van der Waals surface area contributed by atoms with Crippen molar-refractivity contribution in [1.29, 1.82) is 0 Å². The normalized spacial score (nSPS) is 13.0. The van der Waals surface area contributed by atoms with Crippen molar-refractivity contribution < 1.29 is 9.84 Å². The van der Waals surface area contributed by atoms with Crippen LogP contribution < -0.4 is 4.74 Å². The zero-order valence-electron chi connectivity index (χ0n) is 12.6. The molecule has 1 rings (SSSR count). The SMILES string of the molecule is Cc1ccccc1OC[C@H](O)CN(C)CCC(C)C. The van der Waals surface area contributed by atoms with Crippen LogP contribution in [0, 0.1) is 12.8 Å². The lowest BCUT2D eigenvalue weighted by molar-refractivity contribution is 0.0749. The van der Waals surface area contributed by atoms with Crippen LogP contribution in [0.25, 0.3) is 0 Å². The molecule has 0 heterocycles. The number of aryl methyl sites for hydroxylation is 1. The van der Waals surface area contributed by atoms with Gasteiger partial charge in [0.25, 0.3) is 0 Å². The third-order valence-electron chi connectivity index (χ3n) is 3.14. The van der Waals surface area contributed by atoms with E-state index in [1.807, 2.05) is 38.2 Å². The van der Waals surface area contributed by atoms with Gasteiger partial charge in [-0.1, -0.05) is 32.0 Å². The number of benzene rings is 1. The van der Waals surface area contributed by atoms with E-state index in [9.17, 15) is 5.11 Å². The fraction of sp³-hybridized carbons (Fsp3) is 0.625. The number of nitrogens with zero attached hydrogens (tertiary/aromatic N) is 1. The van der Waals surface area contributed by atoms with Crippen LogP contribution in [0.2, 0.25) is 0 Å². The van der Waals surface area contributed by atoms with Crippen LogP contribution in [-0.2, 0) is 0 Å². The van der Waals surface area contributed by atoms with Crippen LogP contribution in [0.1, 0.15) is 25.8 Å². The first-order valence-corrected chi connectivity index (χ1v) is 7.04. The van der Waals surface area contributed by atoms with Crippen LogP contribution in [0.15, 0.2) is 24.3 Å². The average molecular weight is 265 g/mol. The lowest BCUT2D eigenvalue weighted by atomic mass is 10.1. The summed E-state index contributed by atoms with van der Waals surface area (Å²) >= 11 is 0. The fourth-order valence-electron chi connectivity index (χ4n) is 1.89. The van der Waals surface area contributed by atoms with E-state index in [4.69, 9.17) is 4.74 Å². The van der Waals surface area contributed by atoms with Gasteiger partial charge >= 0.3 is 0 Å². The Morgan fingerprint density at radius 1 is 1.26 bits per heavy atom. The molecule has 0 amide bonds. The van der Waals surface area contributed by atoms with Crippen LogP contribution in [-0.4, -0.2) is 42.9 Å². The Labute approximate surface area is 117 Å². The molecule has 0 aliphatic carbocycles. The predicted octanol–water partition coefficient (Wildman–Crippen LogP) is 2.71. The smallest absolute Gasteiger partial charge is 0.122 e. The summed E-state index contributed by atoms with van der Waals surface area (Å²) in [6.45, 7) is 8.45. The number of aliphatic hydroxyl groups is 1. The van der Waals surface area contributed by atoms with Gasteiger partial charge in [-0.25, -0.2) is 0 Å². The fourth-order valence-corrected chi connectivity index (χ4v) is 1.89. The van der Waals surface area contributed by atoms with Gasteiger partial charge in [0.2, 0.25) is 0 Å². The molecule has 0 saturated heterocycles. The Morgan fingerprint density at radius 3 is 2.58 bits per heavy atom. The predicted molar refractivity (Wildman–Crippen MR) is 79.6 cm³/mol. The molecule has 0 aliphatic rings. The number of rotatable bonds is 8. The van der Waals surface area contributed by atoms with E-state index in [1.165, 1.54) is 0 Å². The molecule has 0 radical (unpaired) electrons. The number of hydrogen-bond donors (Lipinski definition) is 1. The lowest BCUT2D eigenvalue weighted by Gasteiger charge is -2.21. The van der Waals surface area contributed by atoms with Gasteiger partial charge in [0.05, 0.1) is 0 Å². The molecule has 0 saturated carbocycles. The van der Waals surface area contributed by atoms with Crippen molar-refractivity contribution >= 4 is 0 Å². The zero-order valence-corrected chi connectivity index (χ0v) is 12.6. The molecular formula is C16H27NO2. The number of aliphatic hydroxyl groups excluding tert-OH is 1. The van der Waals surface area contributed by atoms with Crippen LogP contribution >= 0.6 is 0 Å². The Bertz CT molecular complexity index is 366. The summed E-state index contributed by atoms with van der Waals surface area (Å²) in [6, 6.07) is 7.88. The van der Waals surface area contributed by atoms with Crippen molar-refractivity contribution in [2.45, 2.75) is 33.3 Å². The highest BCUT2D eigenvalue weighted by Crippen LogP contribution is 2.16. The Balaban J connectivity index is 2.28. The summed E-state index contributed by atoms with van der Waals surface area (Å²) in [5.41, 5.74) is 1.10. The minimum atomic E-state index is -0.447. The topological polar surface area (TPSA) is 32.7 Å². The molecule has 0 fully saturated rings. The number of hydrogen-bond acceptors (Lipinski definition) is 3. The second-order valence-electron chi connectivity index (χ2n) is 5.68. The molecule has 1 aromatic rings. The molecule has 0 bridgehead atoms. The number of likely N-dealkylation sites (N-methyl/N-ethyl adjacent to an activating group) is 1. The van der Waals surface area contributed by atoms with Gasteiger partial charge in [0, 0.05) is 6.54 Å². The number of para-hydroxylation sites is 1. The lowest BCUT2D eigenvalue weighted by Crippen LogP contribution is -2.34. The second-order valence-corrected chi connectivity index (χ2v) is 5.68. The van der Waals surface area contributed by atoms with Crippen molar-refractivity contribution in [3.05, 3.63) is 29.8 Å². The highest BCUT2D eigenvalue weighted by molar-refractivity contribution is 5.31. The maximum atomic E-state index is 9.97. The summed E-state index contributed by atoms with van der Waals surface area (Å²) in [5.74, 6) is 1.55. The van der Waals surface area contributed by atoms with Crippen molar-refractivity contribution in [3.8, 4) is 5.75 Å². The molecule has 19 heavy (non-hydrogen) atoms. The molecule has 1 aromatic carbocycles. The van der Waals surface area contributed by atoms with E-state index in [0.29, 0.717) is 19.1 Å². The van der Waals surface area contributed by atoms with Gasteiger partial charge in [-0.3, -0.25) is 0 Å². The van der Waals surface area contributed by atoms with Crippen molar-refractivity contribution in [2.75, 3.05) is 26.7 Å². The van der Waals surface area contributed by atoms with Gasteiger partial charge < -0.3 is 14.7 Å². The first kappa shape index (κ1) is 16.0. The molecule has 3 nitrogen and oxygen atoms in total. The van der Waals surface area contributed by atoms with E-state index in [2.05, 4.69) is 18.7 Å².